The minimum absolute atomic E-state index is 0.0183. The first-order valence-electron chi connectivity index (χ1n) is 14.5. The van der Waals surface area contributed by atoms with E-state index in [1.165, 1.54) is 11.1 Å². The number of rotatable bonds is 10. The smallest absolute Gasteiger partial charge is 0.481 e. The minimum Gasteiger partial charge on any atom is -0.481 e. The zero-order valence-corrected chi connectivity index (χ0v) is 24.7. The summed E-state index contributed by atoms with van der Waals surface area (Å²) in [6.45, 7) is 8.41. The predicted molar refractivity (Wildman–Crippen MR) is 164 cm³/mol. The van der Waals surface area contributed by atoms with Crippen LogP contribution in [0.3, 0.4) is 0 Å². The summed E-state index contributed by atoms with van der Waals surface area (Å²) in [5.74, 6) is -0.805. The van der Waals surface area contributed by atoms with Crippen LogP contribution in [0.2, 0.25) is 0 Å². The number of hydrogen-bond donors (Lipinski definition) is 2. The second kappa shape index (κ2) is 12.2. The topological polar surface area (TPSA) is 94.1 Å². The number of amides is 1. The number of carboxylic acid groups (broad SMARTS) is 1. The Balaban J connectivity index is 1.27. The first-order chi connectivity index (χ1) is 20.0. The maximum Gasteiger partial charge on any atom is 0.492 e. The molecule has 1 aliphatic heterocycles. The van der Waals surface area contributed by atoms with Gasteiger partial charge in [0.2, 0.25) is 0 Å². The van der Waals surface area contributed by atoms with E-state index in [0.29, 0.717) is 12.8 Å². The Bertz CT molecular complexity index is 1420. The van der Waals surface area contributed by atoms with E-state index in [9.17, 15) is 9.59 Å². The van der Waals surface area contributed by atoms with Gasteiger partial charge in [0.1, 0.15) is 6.61 Å². The summed E-state index contributed by atoms with van der Waals surface area (Å²) < 4.78 is 18.4. The van der Waals surface area contributed by atoms with Gasteiger partial charge < -0.3 is 24.5 Å². The van der Waals surface area contributed by atoms with E-state index in [1.54, 1.807) is 0 Å². The lowest BCUT2D eigenvalue weighted by atomic mass is 9.77. The Kier molecular flexibility index (Phi) is 8.57. The molecule has 0 unspecified atom stereocenters. The Morgan fingerprint density at radius 2 is 1.48 bits per heavy atom. The highest BCUT2D eigenvalue weighted by Crippen LogP contribution is 2.44. The molecule has 1 heterocycles. The van der Waals surface area contributed by atoms with Crippen LogP contribution in [0.25, 0.3) is 17.2 Å². The molecular weight excluding hydrogens is 529 g/mol. The van der Waals surface area contributed by atoms with Crippen molar-refractivity contribution in [2.75, 3.05) is 13.2 Å². The Hall–Kier alpha value is -3.88. The van der Waals surface area contributed by atoms with Gasteiger partial charge in [-0.3, -0.25) is 4.79 Å². The molecule has 0 saturated carbocycles. The lowest BCUT2D eigenvalue weighted by Crippen LogP contribution is -2.41. The fraction of sp³-hybridized carbons (Fsp3) is 0.353. The standard InChI is InChI=1S/C34H38BNO6/c1-33(2)34(3,4)42-35(41-33)25(20-24-18-16-23(17-19-24)10-9-15-31(37)38)21-36-32(39)40-22-30-28-13-7-5-11-26(28)27-12-6-8-14-29(27)30/h5-8,11-14,16-20,30H,9-10,15,21-22H2,1-4H3,(H,36,39)(H,37,38). The van der Waals surface area contributed by atoms with Crippen LogP contribution < -0.4 is 5.32 Å². The highest BCUT2D eigenvalue weighted by Gasteiger charge is 2.52. The monoisotopic (exact) mass is 567 g/mol. The van der Waals surface area contributed by atoms with Crippen molar-refractivity contribution < 1.29 is 28.7 Å². The van der Waals surface area contributed by atoms with Gasteiger partial charge in [0.05, 0.1) is 11.2 Å². The number of hydrogen-bond acceptors (Lipinski definition) is 5. The van der Waals surface area contributed by atoms with Gasteiger partial charge in [-0.1, -0.05) is 78.9 Å². The van der Waals surface area contributed by atoms with Crippen LogP contribution in [-0.4, -0.2) is 48.6 Å². The number of aryl methyl sites for hydroxylation is 1. The molecule has 1 amide bonds. The number of nitrogens with one attached hydrogen (secondary N) is 1. The summed E-state index contributed by atoms with van der Waals surface area (Å²) in [7, 11) is -0.640. The van der Waals surface area contributed by atoms with Crippen LogP contribution in [0.1, 0.15) is 68.7 Å². The van der Waals surface area contributed by atoms with Crippen LogP contribution in [-0.2, 0) is 25.3 Å². The lowest BCUT2D eigenvalue weighted by Gasteiger charge is -2.32. The number of benzene rings is 3. The Labute approximate surface area is 248 Å². The molecule has 1 fully saturated rings. The van der Waals surface area contributed by atoms with Gasteiger partial charge >= 0.3 is 19.2 Å². The van der Waals surface area contributed by atoms with Crippen LogP contribution in [0.15, 0.2) is 78.3 Å². The Morgan fingerprint density at radius 1 is 0.905 bits per heavy atom. The summed E-state index contributed by atoms with van der Waals surface area (Å²) >= 11 is 0. The first-order valence-corrected chi connectivity index (χ1v) is 14.5. The number of ether oxygens (including phenoxy) is 1. The third kappa shape index (κ3) is 6.45. The Morgan fingerprint density at radius 3 is 2.05 bits per heavy atom. The maximum absolute atomic E-state index is 13.0. The number of carbonyl (C=O) groups is 2. The molecule has 0 aromatic heterocycles. The third-order valence-electron chi connectivity index (χ3n) is 8.52. The summed E-state index contributed by atoms with van der Waals surface area (Å²) in [5.41, 5.74) is 6.39. The van der Waals surface area contributed by atoms with E-state index in [0.717, 1.165) is 27.7 Å². The summed E-state index contributed by atoms with van der Waals surface area (Å²) in [6.07, 6.45) is 2.90. The minimum atomic E-state index is -0.787. The molecule has 7 nitrogen and oxygen atoms in total. The van der Waals surface area contributed by atoms with Crippen LogP contribution in [0, 0.1) is 0 Å². The van der Waals surface area contributed by atoms with E-state index in [1.807, 2.05) is 82.3 Å². The van der Waals surface area contributed by atoms with E-state index in [4.69, 9.17) is 19.2 Å². The molecule has 3 aromatic carbocycles. The fourth-order valence-corrected chi connectivity index (χ4v) is 5.46. The third-order valence-corrected chi connectivity index (χ3v) is 8.52. The van der Waals surface area contributed by atoms with Crippen molar-refractivity contribution in [2.24, 2.45) is 0 Å². The zero-order chi connectivity index (χ0) is 29.9. The average molecular weight is 567 g/mol. The molecule has 2 N–H and O–H groups in total. The summed E-state index contributed by atoms with van der Waals surface area (Å²) in [5, 5.41) is 11.8. The molecule has 1 aliphatic carbocycles. The SMILES string of the molecule is CC1(C)OB(C(=Cc2ccc(CCCC(=O)O)cc2)CNC(=O)OCC2c3ccccc3-c3ccccc32)OC1(C)C. The number of alkyl carbamates (subject to hydrolysis) is 1. The van der Waals surface area contributed by atoms with Crippen molar-refractivity contribution in [3.63, 3.8) is 0 Å². The summed E-state index contributed by atoms with van der Waals surface area (Å²) in [6, 6.07) is 24.5. The highest BCUT2D eigenvalue weighted by atomic mass is 16.7. The van der Waals surface area contributed by atoms with E-state index in [-0.39, 0.29) is 25.5 Å². The molecule has 0 spiro atoms. The molecule has 0 atom stereocenters. The second-order valence-corrected chi connectivity index (χ2v) is 12.0. The van der Waals surface area contributed by atoms with Gasteiger partial charge in [-0.25, -0.2) is 4.79 Å². The lowest BCUT2D eigenvalue weighted by molar-refractivity contribution is -0.137. The average Bonchev–Trinajstić information content (AvgIpc) is 3.39. The number of carbonyl (C=O) groups excluding carboxylic acids is 1. The van der Waals surface area contributed by atoms with Crippen molar-refractivity contribution in [1.82, 2.24) is 5.32 Å². The quantitative estimate of drug-likeness (QED) is 0.267. The van der Waals surface area contributed by atoms with E-state index in [2.05, 4.69) is 29.6 Å². The molecule has 1 saturated heterocycles. The van der Waals surface area contributed by atoms with Gasteiger partial charge in [0.25, 0.3) is 0 Å². The molecule has 218 valence electrons. The normalized spacial score (nSPS) is 17.0. The second-order valence-electron chi connectivity index (χ2n) is 12.0. The number of fused-ring (bicyclic) bond motifs is 3. The van der Waals surface area contributed by atoms with Crippen molar-refractivity contribution >= 4 is 25.3 Å². The van der Waals surface area contributed by atoms with Gasteiger partial charge in [0, 0.05) is 18.9 Å². The predicted octanol–water partition coefficient (Wildman–Crippen LogP) is 6.65. The molecule has 3 aromatic rings. The molecule has 0 bridgehead atoms. The van der Waals surface area contributed by atoms with Gasteiger partial charge in [-0.2, -0.15) is 0 Å². The van der Waals surface area contributed by atoms with E-state index < -0.39 is 30.4 Å². The van der Waals surface area contributed by atoms with Crippen LogP contribution in [0.4, 0.5) is 4.79 Å². The van der Waals surface area contributed by atoms with Gasteiger partial charge in [-0.05, 0) is 79.4 Å². The van der Waals surface area contributed by atoms with Gasteiger partial charge in [-0.15, -0.1) is 0 Å². The molecule has 2 aliphatic rings. The van der Waals surface area contributed by atoms with Crippen molar-refractivity contribution in [1.29, 1.82) is 0 Å². The van der Waals surface area contributed by atoms with E-state index >= 15 is 0 Å². The molecule has 0 radical (unpaired) electrons. The molecule has 8 heteroatoms. The van der Waals surface area contributed by atoms with Crippen molar-refractivity contribution in [2.45, 2.75) is 64.1 Å². The largest absolute Gasteiger partial charge is 0.492 e. The fourth-order valence-electron chi connectivity index (χ4n) is 5.46. The number of carboxylic acids is 1. The highest BCUT2D eigenvalue weighted by molar-refractivity contribution is 6.56. The summed E-state index contributed by atoms with van der Waals surface area (Å²) in [4.78, 5) is 23.8. The number of aliphatic carboxylic acids is 1. The van der Waals surface area contributed by atoms with Crippen LogP contribution >= 0.6 is 0 Å². The zero-order valence-electron chi connectivity index (χ0n) is 24.7. The first kappa shape index (κ1) is 29.6. The van der Waals surface area contributed by atoms with Crippen molar-refractivity contribution in [3.8, 4) is 11.1 Å². The molecular formula is C34H38BNO6. The van der Waals surface area contributed by atoms with Crippen LogP contribution in [0.5, 0.6) is 0 Å². The molecule has 5 rings (SSSR count). The van der Waals surface area contributed by atoms with Gasteiger partial charge in [0.15, 0.2) is 0 Å². The van der Waals surface area contributed by atoms with Crippen molar-refractivity contribution in [3.05, 3.63) is 101 Å². The maximum atomic E-state index is 13.0. The molecule has 42 heavy (non-hydrogen) atoms.